The number of carbonyl (C=O) groups excluding carboxylic acids is 1. The molecule has 0 unspecified atom stereocenters. The smallest absolute Gasteiger partial charge is 0.279 e. The summed E-state index contributed by atoms with van der Waals surface area (Å²) in [5.41, 5.74) is 0.663. The number of rotatable bonds is 3. The lowest BCUT2D eigenvalue weighted by atomic mass is 10.1. The standard InChI is InChI=1S/C10H16FNO/c1-7(2)8(11)9(13)12-6-10(3)4-5-10/h4-6H2,1-3H3,(H,12,13). The van der Waals surface area contributed by atoms with E-state index in [1.807, 2.05) is 0 Å². The van der Waals surface area contributed by atoms with Gasteiger partial charge < -0.3 is 5.32 Å². The fraction of sp³-hybridized carbons (Fsp3) is 0.700. The Bertz CT molecular complexity index is 250. The molecule has 1 saturated carbocycles. The van der Waals surface area contributed by atoms with Crippen molar-refractivity contribution in [2.24, 2.45) is 5.41 Å². The van der Waals surface area contributed by atoms with Gasteiger partial charge in [-0.1, -0.05) is 6.92 Å². The topological polar surface area (TPSA) is 29.1 Å². The highest BCUT2D eigenvalue weighted by Crippen LogP contribution is 2.44. The van der Waals surface area contributed by atoms with Crippen LogP contribution in [0, 0.1) is 5.41 Å². The van der Waals surface area contributed by atoms with Gasteiger partial charge in [0, 0.05) is 6.54 Å². The van der Waals surface area contributed by atoms with Gasteiger partial charge in [-0.05, 0) is 37.7 Å². The molecule has 74 valence electrons. The van der Waals surface area contributed by atoms with Gasteiger partial charge >= 0.3 is 0 Å². The van der Waals surface area contributed by atoms with Crippen LogP contribution >= 0.6 is 0 Å². The lowest BCUT2D eigenvalue weighted by Crippen LogP contribution is -2.29. The highest BCUT2D eigenvalue weighted by molar-refractivity contribution is 5.91. The SMILES string of the molecule is CC(C)=C(F)C(=O)NCC1(C)CC1. The summed E-state index contributed by atoms with van der Waals surface area (Å²) in [6, 6.07) is 0. The van der Waals surface area contributed by atoms with Gasteiger partial charge in [0.15, 0.2) is 5.83 Å². The van der Waals surface area contributed by atoms with Crippen LogP contribution in [0.25, 0.3) is 0 Å². The zero-order valence-electron chi connectivity index (χ0n) is 8.41. The Morgan fingerprint density at radius 2 is 2.00 bits per heavy atom. The van der Waals surface area contributed by atoms with Gasteiger partial charge in [-0.3, -0.25) is 4.79 Å². The molecule has 0 radical (unpaired) electrons. The number of hydrogen-bond acceptors (Lipinski definition) is 1. The van der Waals surface area contributed by atoms with E-state index in [9.17, 15) is 9.18 Å². The number of halogens is 1. The summed E-state index contributed by atoms with van der Waals surface area (Å²) >= 11 is 0. The van der Waals surface area contributed by atoms with Crippen LogP contribution in [0.1, 0.15) is 33.6 Å². The van der Waals surface area contributed by atoms with Crippen molar-refractivity contribution in [1.82, 2.24) is 5.32 Å². The van der Waals surface area contributed by atoms with Gasteiger partial charge in [0.2, 0.25) is 0 Å². The summed E-state index contributed by atoms with van der Waals surface area (Å²) < 4.78 is 13.0. The van der Waals surface area contributed by atoms with Crippen LogP contribution in [-0.4, -0.2) is 12.5 Å². The molecule has 1 fully saturated rings. The first-order valence-electron chi connectivity index (χ1n) is 4.56. The molecule has 3 heteroatoms. The molecule has 0 aliphatic heterocycles. The Balaban J connectivity index is 2.37. The molecule has 0 aromatic rings. The van der Waals surface area contributed by atoms with E-state index >= 15 is 0 Å². The van der Waals surface area contributed by atoms with Gasteiger partial charge in [0.1, 0.15) is 0 Å². The van der Waals surface area contributed by atoms with E-state index < -0.39 is 11.7 Å². The predicted molar refractivity (Wildman–Crippen MR) is 49.8 cm³/mol. The summed E-state index contributed by atoms with van der Waals surface area (Å²) in [7, 11) is 0. The van der Waals surface area contributed by atoms with Crippen molar-refractivity contribution in [2.45, 2.75) is 33.6 Å². The van der Waals surface area contributed by atoms with E-state index in [0.29, 0.717) is 12.1 Å². The molecule has 2 nitrogen and oxygen atoms in total. The molecule has 0 spiro atoms. The molecule has 1 aliphatic rings. The molecular formula is C10H16FNO. The number of carbonyl (C=O) groups is 1. The van der Waals surface area contributed by atoms with Crippen LogP contribution in [0.5, 0.6) is 0 Å². The van der Waals surface area contributed by atoms with Crippen molar-refractivity contribution in [3.63, 3.8) is 0 Å². The zero-order valence-corrected chi connectivity index (χ0v) is 8.41. The van der Waals surface area contributed by atoms with E-state index in [4.69, 9.17) is 0 Å². The predicted octanol–water partition coefficient (Wildman–Crippen LogP) is 2.17. The van der Waals surface area contributed by atoms with Crippen molar-refractivity contribution < 1.29 is 9.18 Å². The van der Waals surface area contributed by atoms with Gasteiger partial charge in [-0.2, -0.15) is 0 Å². The second-order valence-corrected chi connectivity index (χ2v) is 4.31. The van der Waals surface area contributed by atoms with Crippen molar-refractivity contribution in [2.75, 3.05) is 6.54 Å². The lowest BCUT2D eigenvalue weighted by molar-refractivity contribution is -0.119. The Hall–Kier alpha value is -0.860. The molecular weight excluding hydrogens is 169 g/mol. The molecule has 0 heterocycles. The normalized spacial score (nSPS) is 17.8. The number of hydrogen-bond donors (Lipinski definition) is 1. The number of amides is 1. The first-order chi connectivity index (χ1) is 5.94. The third kappa shape index (κ3) is 2.83. The highest BCUT2D eigenvalue weighted by atomic mass is 19.1. The van der Waals surface area contributed by atoms with Crippen molar-refractivity contribution >= 4 is 5.91 Å². The third-order valence-electron chi connectivity index (χ3n) is 2.42. The fourth-order valence-electron chi connectivity index (χ4n) is 0.988. The maximum Gasteiger partial charge on any atom is 0.279 e. The first kappa shape index (κ1) is 10.2. The minimum atomic E-state index is -0.649. The monoisotopic (exact) mass is 185 g/mol. The average molecular weight is 185 g/mol. The van der Waals surface area contributed by atoms with Gasteiger partial charge in [-0.15, -0.1) is 0 Å². The molecule has 1 rings (SSSR count). The molecule has 13 heavy (non-hydrogen) atoms. The van der Waals surface area contributed by atoms with Gasteiger partial charge in [0.25, 0.3) is 5.91 Å². The second-order valence-electron chi connectivity index (χ2n) is 4.31. The molecule has 1 amide bonds. The Labute approximate surface area is 78.2 Å². The summed E-state index contributed by atoms with van der Waals surface area (Å²) in [4.78, 5) is 11.1. The zero-order chi connectivity index (χ0) is 10.1. The second kappa shape index (κ2) is 3.48. The molecule has 0 saturated heterocycles. The van der Waals surface area contributed by atoms with E-state index in [1.165, 1.54) is 0 Å². The average Bonchev–Trinajstić information content (AvgIpc) is 2.79. The molecule has 0 atom stereocenters. The Morgan fingerprint density at radius 1 is 1.46 bits per heavy atom. The van der Waals surface area contributed by atoms with Gasteiger partial charge in [-0.25, -0.2) is 4.39 Å². The summed E-state index contributed by atoms with van der Waals surface area (Å²) in [6.45, 7) is 5.86. The van der Waals surface area contributed by atoms with Crippen LogP contribution in [0.15, 0.2) is 11.4 Å². The summed E-state index contributed by atoms with van der Waals surface area (Å²) in [6.07, 6.45) is 2.26. The van der Waals surface area contributed by atoms with E-state index in [-0.39, 0.29) is 5.41 Å². The molecule has 0 aromatic heterocycles. The largest absolute Gasteiger partial charge is 0.349 e. The van der Waals surface area contributed by atoms with Crippen molar-refractivity contribution in [1.29, 1.82) is 0 Å². The summed E-state index contributed by atoms with van der Waals surface area (Å²) in [5.74, 6) is -1.22. The van der Waals surface area contributed by atoms with Gasteiger partial charge in [0.05, 0.1) is 0 Å². The summed E-state index contributed by atoms with van der Waals surface area (Å²) in [5, 5.41) is 2.59. The Kier molecular flexibility index (Phi) is 2.74. The van der Waals surface area contributed by atoms with E-state index in [1.54, 1.807) is 13.8 Å². The van der Waals surface area contributed by atoms with Crippen LogP contribution in [0.2, 0.25) is 0 Å². The quantitative estimate of drug-likeness (QED) is 0.671. The molecule has 0 bridgehead atoms. The molecule has 0 aromatic carbocycles. The van der Waals surface area contributed by atoms with Crippen molar-refractivity contribution in [3.8, 4) is 0 Å². The lowest BCUT2D eigenvalue weighted by Gasteiger charge is -2.09. The van der Waals surface area contributed by atoms with Crippen LogP contribution in [0.3, 0.4) is 0 Å². The third-order valence-corrected chi connectivity index (χ3v) is 2.42. The van der Waals surface area contributed by atoms with E-state index in [2.05, 4.69) is 12.2 Å². The van der Waals surface area contributed by atoms with E-state index in [0.717, 1.165) is 12.8 Å². The van der Waals surface area contributed by atoms with Crippen LogP contribution < -0.4 is 5.32 Å². The highest BCUT2D eigenvalue weighted by Gasteiger charge is 2.37. The maximum atomic E-state index is 13.0. The fourth-order valence-corrected chi connectivity index (χ4v) is 0.988. The molecule has 1 aliphatic carbocycles. The minimum Gasteiger partial charge on any atom is -0.349 e. The maximum absolute atomic E-state index is 13.0. The Morgan fingerprint density at radius 3 is 2.38 bits per heavy atom. The number of allylic oxidation sites excluding steroid dienone is 1. The van der Waals surface area contributed by atoms with Crippen molar-refractivity contribution in [3.05, 3.63) is 11.4 Å². The minimum absolute atomic E-state index is 0.234. The number of nitrogens with one attached hydrogen (secondary N) is 1. The van der Waals surface area contributed by atoms with Crippen LogP contribution in [-0.2, 0) is 4.79 Å². The van der Waals surface area contributed by atoms with Crippen LogP contribution in [0.4, 0.5) is 4.39 Å². The molecule has 1 N–H and O–H groups in total. The first-order valence-corrected chi connectivity index (χ1v) is 4.56.